The zero-order valence-electron chi connectivity index (χ0n) is 19.0. The van der Waals surface area contributed by atoms with Gasteiger partial charge in [0.2, 0.25) is 0 Å². The third-order valence-electron chi connectivity index (χ3n) is 0. The van der Waals surface area contributed by atoms with E-state index in [1.54, 1.807) is 0 Å². The molecule has 10 nitrogen and oxygen atoms in total. The number of carbonyl (C=O) groups is 4. The van der Waals surface area contributed by atoms with Crippen molar-refractivity contribution in [3.63, 3.8) is 0 Å². The predicted octanol–water partition coefficient (Wildman–Crippen LogP) is -4.43. The number of rotatable bonds is 0. The molecule has 0 saturated carbocycles. The zero-order valence-corrected chi connectivity index (χ0v) is 20.4. The molecule has 0 radical (unpaired) electrons. The van der Waals surface area contributed by atoms with Crippen molar-refractivity contribution in [2.45, 2.75) is 27.7 Å². The summed E-state index contributed by atoms with van der Waals surface area (Å²) in [4.78, 5) is 36.0. The molecule has 0 saturated heterocycles. The molecule has 0 fully saturated rings. The van der Waals surface area contributed by atoms with Crippen LogP contribution in [0.3, 0.4) is 0 Å². The van der Waals surface area contributed by atoms with Crippen LogP contribution < -0.4 is 71.4 Å². The van der Waals surface area contributed by atoms with Crippen molar-refractivity contribution in [1.29, 1.82) is 0 Å². The van der Waals surface area contributed by atoms with Gasteiger partial charge in [0.25, 0.3) is 23.9 Å². The van der Waals surface area contributed by atoms with E-state index >= 15 is 0 Å². The molecule has 0 aliphatic heterocycles. The van der Waals surface area contributed by atoms with E-state index in [4.69, 9.17) is 39.6 Å². The largest absolute Gasteiger partial charge is 2.00 e. The number of aliphatic carboxylic acids is 4. The van der Waals surface area contributed by atoms with Crippen LogP contribution in [-0.4, -0.2) is 67.4 Å². The first-order valence-corrected chi connectivity index (χ1v) is 4.21. The summed E-state index contributed by atoms with van der Waals surface area (Å²) in [6.07, 6.45) is 0. The van der Waals surface area contributed by atoms with Gasteiger partial charge < -0.3 is 38.4 Å². The van der Waals surface area contributed by atoms with Gasteiger partial charge >= 0.3 is 82.2 Å². The summed E-state index contributed by atoms with van der Waals surface area (Å²) in [6.45, 7) is 10.3. The molecule has 0 unspecified atom stereocenters. The first-order valence-electron chi connectivity index (χ1n) is 4.21. The minimum atomic E-state index is -0.833. The van der Waals surface area contributed by atoms with Gasteiger partial charge in [0, 0.05) is 27.7 Å². The first kappa shape index (κ1) is 65.5. The number of carboxylic acid groups (broad SMARTS) is 4. The van der Waals surface area contributed by atoms with Crippen molar-refractivity contribution in [2.75, 3.05) is 0 Å². The Balaban J connectivity index is -0.00000000609. The summed E-state index contributed by atoms with van der Waals surface area (Å²) >= 11 is 0. The third-order valence-corrected chi connectivity index (χ3v) is 0. The molecular formula is C10H30MgN2Na2O8. The van der Waals surface area contributed by atoms with Gasteiger partial charge in [0.15, 0.2) is 0 Å². The topological polar surface area (TPSA) is 219 Å². The van der Waals surface area contributed by atoms with Gasteiger partial charge in [-0.05, 0) is 0 Å². The van der Waals surface area contributed by atoms with Gasteiger partial charge in [-0.15, -0.1) is 13.2 Å². The van der Waals surface area contributed by atoms with E-state index < -0.39 is 23.9 Å². The molecular weight excluding hydrogens is 346 g/mol. The molecule has 0 aromatic heterocycles. The van der Waals surface area contributed by atoms with Crippen LogP contribution in [0.15, 0.2) is 13.2 Å². The molecule has 23 heavy (non-hydrogen) atoms. The molecule has 0 amide bonds. The van der Waals surface area contributed by atoms with Crippen LogP contribution in [0, 0.1) is 0 Å². The molecule has 0 atom stereocenters. The Labute approximate surface area is 202 Å². The maximum atomic E-state index is 9.00. The Morgan fingerprint density at radius 1 is 0.609 bits per heavy atom. The van der Waals surface area contributed by atoms with Crippen molar-refractivity contribution in [2.24, 2.45) is 0 Å². The molecule has 10 N–H and O–H groups in total. The fourth-order valence-electron chi connectivity index (χ4n) is 0. The monoisotopic (exact) mass is 376 g/mol. The average Bonchev–Trinajstić information content (AvgIpc) is 2.01. The molecule has 0 aliphatic rings. The van der Waals surface area contributed by atoms with Crippen LogP contribution in [-0.2, 0) is 19.2 Å². The van der Waals surface area contributed by atoms with Crippen molar-refractivity contribution in [3.05, 3.63) is 13.2 Å². The van der Waals surface area contributed by atoms with Gasteiger partial charge in [-0.25, -0.2) is 0 Å². The molecule has 0 spiro atoms. The maximum absolute atomic E-state index is 9.00. The molecule has 132 valence electrons. The van der Waals surface area contributed by atoms with Gasteiger partial charge in [0.1, 0.15) is 0 Å². The molecule has 0 aromatic rings. The van der Waals surface area contributed by atoms with E-state index in [-0.39, 0.29) is 100 Å². The summed E-state index contributed by atoms with van der Waals surface area (Å²) < 4.78 is 0. The Morgan fingerprint density at radius 3 is 0.609 bits per heavy atom. The van der Waals surface area contributed by atoms with Crippen molar-refractivity contribution >= 4 is 46.9 Å². The quantitative estimate of drug-likeness (QED) is 0.176. The fraction of sp³-hybridized carbons (Fsp3) is 0.400. The Bertz CT molecular complexity index is 211. The normalized spacial score (nSPS) is 4.52. The summed E-state index contributed by atoms with van der Waals surface area (Å²) in [5, 5.41) is 29.7. The van der Waals surface area contributed by atoms with E-state index in [1.807, 2.05) is 0 Å². The Hall–Kier alpha value is 0.306. The van der Waals surface area contributed by atoms with E-state index in [1.165, 1.54) is 0 Å². The standard InChI is InChI=1S/4C2H4O2.C2H4.Mg.2H3N.2Na.4H/c4*1-2(3)4;1-2;;;;;;;;;/h4*1H3,(H,3,4);1-2H2;;2*1H3;;;;;;/q;;;;;+2;;;2*+1;4*-1. The number of hydrogen-bond acceptors (Lipinski definition) is 6. The molecule has 0 aromatic carbocycles. The number of hydrogen-bond donors (Lipinski definition) is 6. The second-order valence-corrected chi connectivity index (χ2v) is 2.08. The van der Waals surface area contributed by atoms with Crippen LogP contribution in [0.2, 0.25) is 0 Å². The molecule has 0 bridgehead atoms. The molecule has 0 rings (SSSR count). The molecule has 0 aliphatic carbocycles. The predicted molar refractivity (Wildman–Crippen MR) is 84.7 cm³/mol. The molecule has 0 heterocycles. The second kappa shape index (κ2) is 66.9. The summed E-state index contributed by atoms with van der Waals surface area (Å²) in [7, 11) is 0. The minimum Gasteiger partial charge on any atom is -1.00 e. The van der Waals surface area contributed by atoms with Crippen LogP contribution in [0.4, 0.5) is 0 Å². The Morgan fingerprint density at radius 2 is 0.609 bits per heavy atom. The summed E-state index contributed by atoms with van der Waals surface area (Å²) in [6, 6.07) is 0. The molecule has 13 heteroatoms. The SMILES string of the molecule is C=C.CC(=O)O.CC(=O)O.CC(=O)O.CC(=O)O.N.N.[H-].[H-].[H-].[H-].[Mg+2].[Na+].[Na+]. The third kappa shape index (κ3) is 98100. The van der Waals surface area contributed by atoms with E-state index in [9.17, 15) is 0 Å². The first-order chi connectivity index (χ1) is 7.93. The number of carboxylic acids is 4. The van der Waals surface area contributed by atoms with Crippen LogP contribution >= 0.6 is 0 Å². The van der Waals surface area contributed by atoms with E-state index in [0.717, 1.165) is 27.7 Å². The van der Waals surface area contributed by atoms with Crippen molar-refractivity contribution in [1.82, 2.24) is 12.3 Å². The van der Waals surface area contributed by atoms with Crippen LogP contribution in [0.5, 0.6) is 0 Å². The Kier molecular flexibility index (Phi) is 190. The van der Waals surface area contributed by atoms with Gasteiger partial charge in [-0.3, -0.25) is 19.2 Å². The average molecular weight is 377 g/mol. The summed E-state index contributed by atoms with van der Waals surface area (Å²) in [5.74, 6) is -3.33. The van der Waals surface area contributed by atoms with Gasteiger partial charge in [-0.2, -0.15) is 0 Å². The zero-order chi connectivity index (χ0) is 16.3. The van der Waals surface area contributed by atoms with Crippen molar-refractivity contribution < 1.29 is 104 Å². The fourth-order valence-corrected chi connectivity index (χ4v) is 0. The minimum absolute atomic E-state index is 0. The van der Waals surface area contributed by atoms with Crippen LogP contribution in [0.25, 0.3) is 0 Å². The summed E-state index contributed by atoms with van der Waals surface area (Å²) in [5.41, 5.74) is 0. The van der Waals surface area contributed by atoms with Crippen molar-refractivity contribution in [3.8, 4) is 0 Å². The second-order valence-electron chi connectivity index (χ2n) is 2.08. The smallest absolute Gasteiger partial charge is 1.00 e. The van der Waals surface area contributed by atoms with E-state index in [2.05, 4.69) is 13.2 Å². The van der Waals surface area contributed by atoms with Gasteiger partial charge in [-0.1, -0.05) is 0 Å². The van der Waals surface area contributed by atoms with E-state index in [0.29, 0.717) is 0 Å². The maximum Gasteiger partial charge on any atom is 2.00 e. The van der Waals surface area contributed by atoms with Gasteiger partial charge in [0.05, 0.1) is 0 Å². The van der Waals surface area contributed by atoms with Crippen LogP contribution in [0.1, 0.15) is 33.4 Å².